The van der Waals surface area contributed by atoms with Crippen LogP contribution in [0.2, 0.25) is 0 Å². The molecule has 0 spiro atoms. The van der Waals surface area contributed by atoms with Gasteiger partial charge in [-0.25, -0.2) is 14.2 Å². The highest BCUT2D eigenvalue weighted by Crippen LogP contribution is 2.38. The fourth-order valence-electron chi connectivity index (χ4n) is 4.08. The summed E-state index contributed by atoms with van der Waals surface area (Å²) in [5, 5.41) is 9.36. The molecule has 1 aliphatic carbocycles. The Morgan fingerprint density at radius 1 is 1.28 bits per heavy atom. The van der Waals surface area contributed by atoms with Crippen molar-refractivity contribution in [3.8, 4) is 0 Å². The number of aromatic carboxylic acids is 1. The van der Waals surface area contributed by atoms with Crippen molar-refractivity contribution in [1.82, 2.24) is 14.5 Å². The number of anilines is 1. The number of pyridine rings is 3. The standard InChI is InChI=1S/C21H19FN4O3/c22-17-8-15-18(27)16(21(28)29)11-26(14-3-4-14)19(15)24-20(17)25-7-5-13(10-25)12-2-1-6-23-9-12/h1-2,6,8-9,11,13-14H,3-5,7,10H2,(H,28,29). The first-order valence-corrected chi connectivity index (χ1v) is 9.66. The Morgan fingerprint density at radius 3 is 2.79 bits per heavy atom. The molecular weight excluding hydrogens is 375 g/mol. The highest BCUT2D eigenvalue weighted by Gasteiger charge is 2.31. The van der Waals surface area contributed by atoms with Crippen LogP contribution in [0.1, 0.15) is 47.1 Å². The molecule has 1 N–H and O–H groups in total. The Morgan fingerprint density at radius 2 is 2.10 bits per heavy atom. The van der Waals surface area contributed by atoms with Crippen molar-refractivity contribution in [3.05, 3.63) is 64.0 Å². The first kappa shape index (κ1) is 17.8. The van der Waals surface area contributed by atoms with Crippen molar-refractivity contribution >= 4 is 22.8 Å². The molecule has 3 aromatic rings. The lowest BCUT2D eigenvalue weighted by atomic mass is 10.0. The molecule has 1 saturated heterocycles. The number of hydrogen-bond donors (Lipinski definition) is 1. The van der Waals surface area contributed by atoms with Gasteiger partial charge in [-0.1, -0.05) is 6.07 Å². The second-order valence-corrected chi connectivity index (χ2v) is 7.70. The van der Waals surface area contributed by atoms with Gasteiger partial charge in [0.2, 0.25) is 5.43 Å². The Bertz CT molecular complexity index is 1170. The summed E-state index contributed by atoms with van der Waals surface area (Å²) in [5.41, 5.74) is 0.411. The Kier molecular flexibility index (Phi) is 4.08. The number of halogens is 1. The molecule has 1 saturated carbocycles. The number of carboxylic acid groups (broad SMARTS) is 1. The molecule has 2 fully saturated rings. The fourth-order valence-corrected chi connectivity index (χ4v) is 4.08. The smallest absolute Gasteiger partial charge is 0.341 e. The van der Waals surface area contributed by atoms with E-state index in [0.29, 0.717) is 18.7 Å². The summed E-state index contributed by atoms with van der Waals surface area (Å²) in [7, 11) is 0. The Hall–Kier alpha value is -3.29. The summed E-state index contributed by atoms with van der Waals surface area (Å²) < 4.78 is 16.7. The zero-order valence-electron chi connectivity index (χ0n) is 15.6. The molecule has 5 rings (SSSR count). The zero-order valence-corrected chi connectivity index (χ0v) is 15.6. The van der Waals surface area contributed by atoms with E-state index in [1.165, 1.54) is 6.20 Å². The molecule has 148 valence electrons. The summed E-state index contributed by atoms with van der Waals surface area (Å²) in [4.78, 5) is 34.6. The number of aromatic nitrogens is 3. The number of fused-ring (bicyclic) bond motifs is 1. The van der Waals surface area contributed by atoms with Gasteiger partial charge in [0.1, 0.15) is 11.2 Å². The third kappa shape index (κ3) is 3.04. The van der Waals surface area contributed by atoms with Crippen molar-refractivity contribution in [2.24, 2.45) is 0 Å². The van der Waals surface area contributed by atoms with Gasteiger partial charge in [0, 0.05) is 43.6 Å². The molecule has 4 heterocycles. The van der Waals surface area contributed by atoms with Gasteiger partial charge in [0.25, 0.3) is 0 Å². The molecule has 0 bridgehead atoms. The maximum Gasteiger partial charge on any atom is 0.341 e. The molecule has 1 unspecified atom stereocenters. The van der Waals surface area contributed by atoms with Gasteiger partial charge in [-0.3, -0.25) is 9.78 Å². The molecule has 29 heavy (non-hydrogen) atoms. The number of carbonyl (C=O) groups is 1. The fraction of sp³-hybridized carbons (Fsp3) is 0.333. The van der Waals surface area contributed by atoms with E-state index in [0.717, 1.165) is 30.9 Å². The minimum Gasteiger partial charge on any atom is -0.477 e. The van der Waals surface area contributed by atoms with Crippen LogP contribution in [0.3, 0.4) is 0 Å². The van der Waals surface area contributed by atoms with Crippen LogP contribution >= 0.6 is 0 Å². The molecule has 3 aromatic heterocycles. The van der Waals surface area contributed by atoms with Crippen molar-refractivity contribution < 1.29 is 14.3 Å². The molecule has 1 atom stereocenters. The quantitative estimate of drug-likeness (QED) is 0.732. The van der Waals surface area contributed by atoms with E-state index in [9.17, 15) is 19.1 Å². The summed E-state index contributed by atoms with van der Waals surface area (Å²) in [6.07, 6.45) is 7.54. The van der Waals surface area contributed by atoms with Gasteiger partial charge in [-0.05, 0) is 37.0 Å². The lowest BCUT2D eigenvalue weighted by Gasteiger charge is -2.20. The lowest BCUT2D eigenvalue weighted by Crippen LogP contribution is -2.24. The molecule has 0 radical (unpaired) electrons. The second kappa shape index (κ2) is 6.65. The van der Waals surface area contributed by atoms with Crippen LogP contribution in [0.4, 0.5) is 10.2 Å². The molecule has 0 amide bonds. The number of carboxylic acids is 1. The molecule has 0 aromatic carbocycles. The maximum absolute atomic E-state index is 15.0. The van der Waals surface area contributed by atoms with Crippen LogP contribution in [-0.4, -0.2) is 38.7 Å². The van der Waals surface area contributed by atoms with Gasteiger partial charge in [-0.15, -0.1) is 0 Å². The molecule has 2 aliphatic rings. The third-order valence-corrected chi connectivity index (χ3v) is 5.75. The Labute approximate surface area is 165 Å². The van der Waals surface area contributed by atoms with Crippen LogP contribution < -0.4 is 10.3 Å². The van der Waals surface area contributed by atoms with Crippen molar-refractivity contribution in [1.29, 1.82) is 0 Å². The maximum atomic E-state index is 15.0. The SMILES string of the molecule is O=C(O)c1cn(C2CC2)c2nc(N3CCC(c4cccnc4)C3)c(F)cc2c1=O. The van der Waals surface area contributed by atoms with Crippen LogP contribution in [0, 0.1) is 5.82 Å². The predicted molar refractivity (Wildman–Crippen MR) is 105 cm³/mol. The summed E-state index contributed by atoms with van der Waals surface area (Å²) in [6, 6.07) is 5.15. The number of nitrogens with zero attached hydrogens (tertiary/aromatic N) is 4. The summed E-state index contributed by atoms with van der Waals surface area (Å²) in [5.74, 6) is -1.47. The summed E-state index contributed by atoms with van der Waals surface area (Å²) in [6.45, 7) is 1.26. The van der Waals surface area contributed by atoms with Gasteiger partial charge >= 0.3 is 5.97 Å². The van der Waals surface area contributed by atoms with Gasteiger partial charge < -0.3 is 14.6 Å². The van der Waals surface area contributed by atoms with Gasteiger partial charge in [-0.2, -0.15) is 0 Å². The number of hydrogen-bond acceptors (Lipinski definition) is 5. The average molecular weight is 394 g/mol. The Balaban J connectivity index is 1.58. The molecule has 1 aliphatic heterocycles. The monoisotopic (exact) mass is 394 g/mol. The van der Waals surface area contributed by atoms with Crippen LogP contribution in [0.25, 0.3) is 11.0 Å². The highest BCUT2D eigenvalue weighted by atomic mass is 19.1. The minimum absolute atomic E-state index is 0.0149. The van der Waals surface area contributed by atoms with Crippen LogP contribution in [-0.2, 0) is 0 Å². The van der Waals surface area contributed by atoms with Crippen LogP contribution in [0.15, 0.2) is 41.6 Å². The van der Waals surface area contributed by atoms with E-state index in [-0.39, 0.29) is 28.7 Å². The first-order chi connectivity index (χ1) is 14.0. The van der Waals surface area contributed by atoms with E-state index in [1.54, 1.807) is 10.8 Å². The van der Waals surface area contributed by atoms with E-state index in [4.69, 9.17) is 0 Å². The first-order valence-electron chi connectivity index (χ1n) is 9.66. The van der Waals surface area contributed by atoms with Crippen molar-refractivity contribution in [2.75, 3.05) is 18.0 Å². The van der Waals surface area contributed by atoms with Gasteiger partial charge in [0.05, 0.1) is 5.39 Å². The topological polar surface area (TPSA) is 88.3 Å². The average Bonchev–Trinajstić information content (AvgIpc) is 3.44. The van der Waals surface area contributed by atoms with Gasteiger partial charge in [0.15, 0.2) is 11.6 Å². The van der Waals surface area contributed by atoms with E-state index >= 15 is 0 Å². The third-order valence-electron chi connectivity index (χ3n) is 5.75. The predicted octanol–water partition coefficient (Wildman–Crippen LogP) is 2.96. The van der Waals surface area contributed by atoms with E-state index < -0.39 is 17.2 Å². The normalized spacial score (nSPS) is 19.1. The molecular formula is C21H19FN4O3. The van der Waals surface area contributed by atoms with E-state index in [1.807, 2.05) is 23.2 Å². The number of rotatable bonds is 4. The van der Waals surface area contributed by atoms with Crippen molar-refractivity contribution in [2.45, 2.75) is 31.2 Å². The second-order valence-electron chi connectivity index (χ2n) is 7.70. The largest absolute Gasteiger partial charge is 0.477 e. The zero-order chi connectivity index (χ0) is 20.1. The van der Waals surface area contributed by atoms with E-state index in [2.05, 4.69) is 9.97 Å². The highest BCUT2D eigenvalue weighted by molar-refractivity contribution is 5.92. The lowest BCUT2D eigenvalue weighted by molar-refractivity contribution is 0.0695. The van der Waals surface area contributed by atoms with Crippen LogP contribution in [0.5, 0.6) is 0 Å². The summed E-state index contributed by atoms with van der Waals surface area (Å²) >= 11 is 0. The minimum atomic E-state index is -1.31. The molecule has 7 nitrogen and oxygen atoms in total. The van der Waals surface area contributed by atoms with Crippen molar-refractivity contribution in [3.63, 3.8) is 0 Å². The molecule has 8 heteroatoms.